The molecule has 0 aliphatic carbocycles. The van der Waals surface area contributed by atoms with E-state index in [1.807, 2.05) is 85.8 Å². The fourth-order valence-electron chi connectivity index (χ4n) is 2.76. The van der Waals surface area contributed by atoms with Gasteiger partial charge in [0.15, 0.2) is 0 Å². The van der Waals surface area contributed by atoms with Gasteiger partial charge >= 0.3 is 0 Å². The highest BCUT2D eigenvalue weighted by atomic mass is 16.5. The molecule has 0 radical (unpaired) electrons. The van der Waals surface area contributed by atoms with E-state index in [1.165, 1.54) is 5.56 Å². The number of hydrogen-bond donors (Lipinski definition) is 3. The van der Waals surface area contributed by atoms with Crippen molar-refractivity contribution in [2.24, 2.45) is 0 Å². The first kappa shape index (κ1) is 19.2. The van der Waals surface area contributed by atoms with E-state index in [-0.39, 0.29) is 0 Å². The van der Waals surface area contributed by atoms with Crippen LogP contribution in [0.5, 0.6) is 5.75 Å². The third-order valence-electron chi connectivity index (χ3n) is 4.32. The number of rotatable bonds is 7. The predicted molar refractivity (Wildman–Crippen MR) is 120 cm³/mol. The number of methoxy groups -OCH3 is 1. The molecule has 0 bridgehead atoms. The van der Waals surface area contributed by atoms with Crippen LogP contribution in [0.25, 0.3) is 0 Å². The van der Waals surface area contributed by atoms with Crippen molar-refractivity contribution in [2.45, 2.75) is 6.92 Å². The van der Waals surface area contributed by atoms with Gasteiger partial charge in [0.25, 0.3) is 0 Å². The molecule has 150 valence electrons. The van der Waals surface area contributed by atoms with Crippen molar-refractivity contribution in [3.8, 4) is 5.75 Å². The van der Waals surface area contributed by atoms with Gasteiger partial charge < -0.3 is 20.7 Å². The van der Waals surface area contributed by atoms with Gasteiger partial charge in [0, 0.05) is 17.1 Å². The molecule has 0 saturated heterocycles. The smallest absolute Gasteiger partial charge is 0.233 e. The lowest BCUT2D eigenvalue weighted by atomic mass is 10.2. The minimum atomic E-state index is 0.420. The average molecular weight is 398 g/mol. The molecule has 3 N–H and O–H groups in total. The molecule has 4 rings (SSSR count). The average Bonchev–Trinajstić information content (AvgIpc) is 2.76. The first-order valence-electron chi connectivity index (χ1n) is 9.51. The van der Waals surface area contributed by atoms with Crippen LogP contribution in [-0.2, 0) is 0 Å². The van der Waals surface area contributed by atoms with Gasteiger partial charge in [0.05, 0.1) is 7.11 Å². The Balaban J connectivity index is 1.62. The van der Waals surface area contributed by atoms with Crippen molar-refractivity contribution in [2.75, 3.05) is 23.1 Å². The summed E-state index contributed by atoms with van der Waals surface area (Å²) in [6.45, 7) is 2.05. The van der Waals surface area contributed by atoms with E-state index in [0.29, 0.717) is 17.8 Å². The minimum Gasteiger partial charge on any atom is -0.497 e. The van der Waals surface area contributed by atoms with Gasteiger partial charge in [-0.1, -0.05) is 35.9 Å². The molecule has 0 unspecified atom stereocenters. The Morgan fingerprint density at radius 2 is 1.00 bits per heavy atom. The molecule has 1 aromatic heterocycles. The zero-order valence-electron chi connectivity index (χ0n) is 16.8. The standard InChI is InChI=1S/C23H22N6O/c1-16-8-10-18(11-9-16)25-22-27-21(24-17-6-4-3-5-7-17)28-23(29-22)26-19-12-14-20(30-2)15-13-19/h3-15H,1-2H3,(H3,24,25,26,27,28,29). The number of benzene rings is 3. The van der Waals surface area contributed by atoms with Gasteiger partial charge in [-0.25, -0.2) is 0 Å². The molecule has 0 aliphatic heterocycles. The second kappa shape index (κ2) is 8.91. The molecule has 0 saturated carbocycles. The van der Waals surface area contributed by atoms with E-state index in [4.69, 9.17) is 4.74 Å². The van der Waals surface area contributed by atoms with Gasteiger partial charge in [0.1, 0.15) is 5.75 Å². The maximum atomic E-state index is 5.21. The molecule has 7 nitrogen and oxygen atoms in total. The number of aromatic nitrogens is 3. The summed E-state index contributed by atoms with van der Waals surface area (Å²) >= 11 is 0. The van der Waals surface area contributed by atoms with E-state index < -0.39 is 0 Å². The highest BCUT2D eigenvalue weighted by Crippen LogP contribution is 2.22. The number of hydrogen-bond acceptors (Lipinski definition) is 7. The van der Waals surface area contributed by atoms with Crippen molar-refractivity contribution in [1.29, 1.82) is 0 Å². The Bertz CT molecular complexity index is 1100. The molecule has 0 spiro atoms. The molecule has 30 heavy (non-hydrogen) atoms. The fraction of sp³-hybridized carbons (Fsp3) is 0.0870. The lowest BCUT2D eigenvalue weighted by Gasteiger charge is -2.12. The quantitative estimate of drug-likeness (QED) is 0.383. The molecule has 3 aromatic carbocycles. The Hall–Kier alpha value is -4.13. The lowest BCUT2D eigenvalue weighted by Crippen LogP contribution is -2.07. The van der Waals surface area contributed by atoms with Crippen LogP contribution >= 0.6 is 0 Å². The van der Waals surface area contributed by atoms with E-state index in [0.717, 1.165) is 22.8 Å². The summed E-state index contributed by atoms with van der Waals surface area (Å²) in [5, 5.41) is 9.68. The van der Waals surface area contributed by atoms with Crippen LogP contribution < -0.4 is 20.7 Å². The molecular formula is C23H22N6O. The van der Waals surface area contributed by atoms with Gasteiger partial charge in [-0.15, -0.1) is 0 Å². The topological polar surface area (TPSA) is 84.0 Å². The number of para-hydroxylation sites is 1. The zero-order chi connectivity index (χ0) is 20.8. The second-order valence-corrected chi connectivity index (χ2v) is 6.64. The Kier molecular flexibility index (Phi) is 5.70. The monoisotopic (exact) mass is 398 g/mol. The van der Waals surface area contributed by atoms with Crippen LogP contribution in [0.3, 0.4) is 0 Å². The number of nitrogens with zero attached hydrogens (tertiary/aromatic N) is 3. The van der Waals surface area contributed by atoms with Gasteiger partial charge in [-0.3, -0.25) is 0 Å². The first-order chi connectivity index (χ1) is 14.7. The van der Waals surface area contributed by atoms with Gasteiger partial charge in [-0.2, -0.15) is 15.0 Å². The summed E-state index contributed by atoms with van der Waals surface area (Å²) in [5.74, 6) is 2.07. The summed E-state index contributed by atoms with van der Waals surface area (Å²) in [5.41, 5.74) is 3.81. The SMILES string of the molecule is COc1ccc(Nc2nc(Nc3ccccc3)nc(Nc3ccc(C)cc3)n2)cc1. The van der Waals surface area contributed by atoms with E-state index in [2.05, 4.69) is 30.9 Å². The molecule has 7 heteroatoms. The van der Waals surface area contributed by atoms with Crippen LogP contribution in [0.4, 0.5) is 34.9 Å². The summed E-state index contributed by atoms with van der Waals surface area (Å²) < 4.78 is 5.21. The van der Waals surface area contributed by atoms with Crippen LogP contribution in [0.2, 0.25) is 0 Å². The molecule has 0 aliphatic rings. The number of anilines is 6. The third-order valence-corrected chi connectivity index (χ3v) is 4.32. The molecule has 1 heterocycles. The molecule has 0 fully saturated rings. The first-order valence-corrected chi connectivity index (χ1v) is 9.51. The molecule has 0 amide bonds. The van der Waals surface area contributed by atoms with Gasteiger partial charge in [-0.05, 0) is 55.5 Å². The van der Waals surface area contributed by atoms with Crippen LogP contribution in [0, 0.1) is 6.92 Å². The van der Waals surface area contributed by atoms with E-state index in [1.54, 1.807) is 7.11 Å². The van der Waals surface area contributed by atoms with E-state index in [9.17, 15) is 0 Å². The third kappa shape index (κ3) is 5.02. The summed E-state index contributed by atoms with van der Waals surface area (Å²) in [6, 6.07) is 25.3. The predicted octanol–water partition coefficient (Wildman–Crippen LogP) is 5.42. The Morgan fingerprint density at radius 3 is 1.47 bits per heavy atom. The highest BCUT2D eigenvalue weighted by molar-refractivity contribution is 5.62. The Morgan fingerprint density at radius 1 is 0.567 bits per heavy atom. The van der Waals surface area contributed by atoms with Crippen molar-refractivity contribution in [3.63, 3.8) is 0 Å². The maximum Gasteiger partial charge on any atom is 0.233 e. The zero-order valence-corrected chi connectivity index (χ0v) is 16.8. The fourth-order valence-corrected chi connectivity index (χ4v) is 2.76. The maximum absolute atomic E-state index is 5.21. The lowest BCUT2D eigenvalue weighted by molar-refractivity contribution is 0.415. The largest absolute Gasteiger partial charge is 0.497 e. The van der Waals surface area contributed by atoms with Crippen molar-refractivity contribution in [1.82, 2.24) is 15.0 Å². The normalized spacial score (nSPS) is 10.3. The number of aryl methyl sites for hydroxylation is 1. The summed E-state index contributed by atoms with van der Waals surface area (Å²) in [6.07, 6.45) is 0. The van der Waals surface area contributed by atoms with Crippen molar-refractivity contribution >= 4 is 34.9 Å². The Labute approximate surface area is 175 Å². The molecule has 0 atom stereocenters. The minimum absolute atomic E-state index is 0.420. The molecule has 4 aromatic rings. The van der Waals surface area contributed by atoms with Crippen LogP contribution in [0.1, 0.15) is 5.56 Å². The van der Waals surface area contributed by atoms with Crippen molar-refractivity contribution in [3.05, 3.63) is 84.4 Å². The van der Waals surface area contributed by atoms with Crippen molar-refractivity contribution < 1.29 is 4.74 Å². The van der Waals surface area contributed by atoms with Crippen LogP contribution in [-0.4, -0.2) is 22.1 Å². The second-order valence-electron chi connectivity index (χ2n) is 6.64. The molecular weight excluding hydrogens is 376 g/mol. The van der Waals surface area contributed by atoms with E-state index >= 15 is 0 Å². The van der Waals surface area contributed by atoms with Crippen LogP contribution in [0.15, 0.2) is 78.9 Å². The highest BCUT2D eigenvalue weighted by Gasteiger charge is 2.08. The number of ether oxygens (including phenoxy) is 1. The van der Waals surface area contributed by atoms with Gasteiger partial charge in [0.2, 0.25) is 17.8 Å². The summed E-state index contributed by atoms with van der Waals surface area (Å²) in [4.78, 5) is 13.5. The number of nitrogens with one attached hydrogen (secondary N) is 3. The summed E-state index contributed by atoms with van der Waals surface area (Å²) in [7, 11) is 1.64.